The molecule has 0 amide bonds. The number of halogens is 2. The fourth-order valence-corrected chi connectivity index (χ4v) is 1.74. The van der Waals surface area contributed by atoms with Crippen LogP contribution in [-0.4, -0.2) is 12.0 Å². The number of benzene rings is 1. The van der Waals surface area contributed by atoms with Crippen molar-refractivity contribution >= 4 is 23.2 Å². The van der Waals surface area contributed by atoms with Crippen LogP contribution >= 0.6 is 23.2 Å². The van der Waals surface area contributed by atoms with Gasteiger partial charge in [-0.2, -0.15) is 0 Å². The first-order valence-corrected chi connectivity index (χ1v) is 5.51. The number of hydrogen-bond acceptors (Lipinski definition) is 3. The minimum Gasteiger partial charge on any atom is -0.444 e. The molecule has 5 heteroatoms. The van der Waals surface area contributed by atoms with E-state index < -0.39 is 0 Å². The van der Waals surface area contributed by atoms with Crippen molar-refractivity contribution in [2.24, 2.45) is 0 Å². The number of nitrogens with one attached hydrogen (secondary N) is 1. The van der Waals surface area contributed by atoms with E-state index in [4.69, 9.17) is 27.6 Å². The van der Waals surface area contributed by atoms with E-state index in [1.807, 2.05) is 19.2 Å². The first-order chi connectivity index (χ1) is 7.72. The zero-order chi connectivity index (χ0) is 11.5. The summed E-state index contributed by atoms with van der Waals surface area (Å²) in [5.41, 5.74) is 1.53. The topological polar surface area (TPSA) is 38.1 Å². The van der Waals surface area contributed by atoms with Crippen LogP contribution in [0.2, 0.25) is 10.0 Å². The van der Waals surface area contributed by atoms with Crippen molar-refractivity contribution in [3.63, 3.8) is 0 Å². The smallest absolute Gasteiger partial charge is 0.227 e. The molecule has 1 aromatic carbocycles. The Kier molecular flexibility index (Phi) is 3.49. The largest absolute Gasteiger partial charge is 0.444 e. The minimum atomic E-state index is 0.460. The van der Waals surface area contributed by atoms with Crippen molar-refractivity contribution in [2.75, 3.05) is 7.05 Å². The van der Waals surface area contributed by atoms with Gasteiger partial charge in [0.05, 0.1) is 21.3 Å². The summed E-state index contributed by atoms with van der Waals surface area (Å²) in [6, 6.07) is 5.36. The van der Waals surface area contributed by atoms with Crippen LogP contribution < -0.4 is 5.32 Å². The lowest BCUT2D eigenvalue weighted by Gasteiger charge is -2.00. The van der Waals surface area contributed by atoms with Gasteiger partial charge in [-0.05, 0) is 19.2 Å². The second kappa shape index (κ2) is 4.87. The van der Waals surface area contributed by atoms with Gasteiger partial charge in [-0.1, -0.05) is 29.3 Å². The first-order valence-electron chi connectivity index (χ1n) is 4.75. The summed E-state index contributed by atoms with van der Waals surface area (Å²) >= 11 is 12.0. The number of nitrogens with zero attached hydrogens (tertiary/aromatic N) is 1. The van der Waals surface area contributed by atoms with Crippen LogP contribution in [0.5, 0.6) is 0 Å². The second-order valence-electron chi connectivity index (χ2n) is 3.28. The van der Waals surface area contributed by atoms with E-state index in [1.165, 1.54) is 0 Å². The van der Waals surface area contributed by atoms with Crippen LogP contribution in [0, 0.1) is 0 Å². The van der Waals surface area contributed by atoms with Crippen LogP contribution in [0.25, 0.3) is 11.5 Å². The van der Waals surface area contributed by atoms with E-state index in [2.05, 4.69) is 10.3 Å². The Labute approximate surface area is 103 Å². The molecule has 0 fully saturated rings. The zero-order valence-corrected chi connectivity index (χ0v) is 10.1. The summed E-state index contributed by atoms with van der Waals surface area (Å²) in [6.45, 7) is 0.654. The molecule has 16 heavy (non-hydrogen) atoms. The second-order valence-corrected chi connectivity index (χ2v) is 4.06. The fourth-order valence-electron chi connectivity index (χ4n) is 1.36. The van der Waals surface area contributed by atoms with Crippen molar-refractivity contribution in [2.45, 2.75) is 6.54 Å². The molecule has 1 heterocycles. The van der Waals surface area contributed by atoms with Gasteiger partial charge in [-0.3, -0.25) is 0 Å². The highest BCUT2D eigenvalue weighted by Crippen LogP contribution is 2.32. The average Bonchev–Trinajstić information content (AvgIpc) is 2.71. The molecular weight excluding hydrogens is 247 g/mol. The molecule has 0 saturated carbocycles. The molecule has 0 radical (unpaired) electrons. The molecule has 0 saturated heterocycles. The predicted octanol–water partition coefficient (Wildman–Crippen LogP) is 3.37. The maximum Gasteiger partial charge on any atom is 0.227 e. The SMILES string of the molecule is CNCc1coc(-c2cccc(Cl)c2Cl)n1. The standard InChI is InChI=1S/C11H10Cl2N2O/c1-14-5-7-6-16-11(15-7)8-3-2-4-9(12)10(8)13/h2-4,6,14H,5H2,1H3. The highest BCUT2D eigenvalue weighted by atomic mass is 35.5. The molecule has 2 rings (SSSR count). The molecule has 84 valence electrons. The van der Waals surface area contributed by atoms with E-state index in [-0.39, 0.29) is 0 Å². The summed E-state index contributed by atoms with van der Waals surface area (Å²) in [6.07, 6.45) is 1.60. The average molecular weight is 257 g/mol. The fraction of sp³-hybridized carbons (Fsp3) is 0.182. The van der Waals surface area contributed by atoms with Crippen LogP contribution in [0.1, 0.15) is 5.69 Å². The monoisotopic (exact) mass is 256 g/mol. The van der Waals surface area contributed by atoms with Gasteiger partial charge in [0.25, 0.3) is 0 Å². The van der Waals surface area contributed by atoms with Gasteiger partial charge in [0, 0.05) is 6.54 Å². The van der Waals surface area contributed by atoms with Gasteiger partial charge < -0.3 is 9.73 Å². The summed E-state index contributed by atoms with van der Waals surface area (Å²) in [4.78, 5) is 4.30. The summed E-state index contributed by atoms with van der Waals surface area (Å²) in [5, 5.41) is 3.95. The quantitative estimate of drug-likeness (QED) is 0.916. The number of hydrogen-bond donors (Lipinski definition) is 1. The van der Waals surface area contributed by atoms with Crippen molar-refractivity contribution < 1.29 is 4.42 Å². The van der Waals surface area contributed by atoms with Gasteiger partial charge in [0.15, 0.2) is 0 Å². The molecule has 0 spiro atoms. The van der Waals surface area contributed by atoms with Crippen molar-refractivity contribution in [3.8, 4) is 11.5 Å². The summed E-state index contributed by atoms with van der Waals surface area (Å²) < 4.78 is 5.34. The van der Waals surface area contributed by atoms with Gasteiger partial charge in [-0.25, -0.2) is 4.98 Å². The molecule has 1 aromatic heterocycles. The molecule has 2 aromatic rings. The molecule has 0 aliphatic rings. The highest BCUT2D eigenvalue weighted by molar-refractivity contribution is 6.43. The Bertz CT molecular complexity index is 496. The molecule has 0 aliphatic carbocycles. The highest BCUT2D eigenvalue weighted by Gasteiger charge is 2.11. The molecule has 3 nitrogen and oxygen atoms in total. The van der Waals surface area contributed by atoms with Gasteiger partial charge >= 0.3 is 0 Å². The lowest BCUT2D eigenvalue weighted by Crippen LogP contribution is -2.04. The van der Waals surface area contributed by atoms with E-state index in [9.17, 15) is 0 Å². The van der Waals surface area contributed by atoms with E-state index in [1.54, 1.807) is 12.3 Å². The molecule has 0 aliphatic heterocycles. The third-order valence-electron chi connectivity index (χ3n) is 2.09. The van der Waals surface area contributed by atoms with E-state index in [0.29, 0.717) is 28.0 Å². The molecule has 1 N–H and O–H groups in total. The molecule has 0 atom stereocenters. The number of aromatic nitrogens is 1. The van der Waals surface area contributed by atoms with Crippen molar-refractivity contribution in [1.82, 2.24) is 10.3 Å². The van der Waals surface area contributed by atoms with E-state index >= 15 is 0 Å². The minimum absolute atomic E-state index is 0.460. The Morgan fingerprint density at radius 1 is 1.38 bits per heavy atom. The van der Waals surface area contributed by atoms with Crippen molar-refractivity contribution in [1.29, 1.82) is 0 Å². The van der Waals surface area contributed by atoms with Crippen LogP contribution in [0.4, 0.5) is 0 Å². The van der Waals surface area contributed by atoms with Gasteiger partial charge in [0.1, 0.15) is 6.26 Å². The first kappa shape index (κ1) is 11.5. The van der Waals surface area contributed by atoms with Crippen LogP contribution in [-0.2, 0) is 6.54 Å². The predicted molar refractivity (Wildman–Crippen MR) is 64.7 cm³/mol. The van der Waals surface area contributed by atoms with Gasteiger partial charge in [-0.15, -0.1) is 0 Å². The summed E-state index contributed by atoms with van der Waals surface area (Å²) in [5.74, 6) is 0.484. The van der Waals surface area contributed by atoms with Gasteiger partial charge in [0.2, 0.25) is 5.89 Å². The third-order valence-corrected chi connectivity index (χ3v) is 2.91. The Balaban J connectivity index is 2.39. The summed E-state index contributed by atoms with van der Waals surface area (Å²) in [7, 11) is 1.85. The molecular formula is C11H10Cl2N2O. The molecule has 0 unspecified atom stereocenters. The molecule has 0 bridgehead atoms. The lowest BCUT2D eigenvalue weighted by atomic mass is 10.2. The normalized spacial score (nSPS) is 10.7. The number of rotatable bonds is 3. The van der Waals surface area contributed by atoms with E-state index in [0.717, 1.165) is 5.69 Å². The zero-order valence-electron chi connectivity index (χ0n) is 8.63. The van der Waals surface area contributed by atoms with Crippen LogP contribution in [0.15, 0.2) is 28.9 Å². The lowest BCUT2D eigenvalue weighted by molar-refractivity contribution is 0.571. The maximum atomic E-state index is 6.07. The maximum absolute atomic E-state index is 6.07. The van der Waals surface area contributed by atoms with Crippen LogP contribution in [0.3, 0.4) is 0 Å². The Hall–Kier alpha value is -1.03. The third kappa shape index (κ3) is 2.21. The number of oxazole rings is 1. The van der Waals surface area contributed by atoms with Crippen molar-refractivity contribution in [3.05, 3.63) is 40.2 Å². The Morgan fingerprint density at radius 2 is 2.19 bits per heavy atom. The Morgan fingerprint density at radius 3 is 2.94 bits per heavy atom.